The Morgan fingerprint density at radius 3 is 2.62 bits per heavy atom. The van der Waals surface area contributed by atoms with Crippen LogP contribution in [0.3, 0.4) is 0 Å². The molecule has 1 N–H and O–H groups in total. The highest BCUT2D eigenvalue weighted by molar-refractivity contribution is 5.84. The number of alkyl halides is 2. The monoisotopic (exact) mass is 407 g/mol. The van der Waals surface area contributed by atoms with Crippen LogP contribution in [0.2, 0.25) is 0 Å². The molecule has 4 rings (SSSR count). The van der Waals surface area contributed by atoms with Crippen LogP contribution in [0.25, 0.3) is 11.2 Å². The van der Waals surface area contributed by atoms with Gasteiger partial charge in [-0.05, 0) is 5.41 Å². The zero-order valence-electron chi connectivity index (χ0n) is 16.8. The van der Waals surface area contributed by atoms with Crippen LogP contribution < -0.4 is 9.64 Å². The summed E-state index contributed by atoms with van der Waals surface area (Å²) in [7, 11) is 0. The summed E-state index contributed by atoms with van der Waals surface area (Å²) in [4.78, 5) is 17.9. The molecule has 0 bridgehead atoms. The number of aryl methyl sites for hydroxylation is 1. The summed E-state index contributed by atoms with van der Waals surface area (Å²) in [6, 6.07) is 0.280. The Labute approximate surface area is 165 Å². The molecule has 0 aliphatic carbocycles. The number of rotatable bonds is 5. The van der Waals surface area contributed by atoms with Crippen molar-refractivity contribution in [3.63, 3.8) is 0 Å². The van der Waals surface area contributed by atoms with Crippen molar-refractivity contribution in [1.29, 1.82) is 0 Å². The van der Waals surface area contributed by atoms with Crippen molar-refractivity contribution < 1.29 is 17.9 Å². The van der Waals surface area contributed by atoms with Gasteiger partial charge in [0, 0.05) is 19.9 Å². The lowest BCUT2D eigenvalue weighted by Gasteiger charge is -2.18. The van der Waals surface area contributed by atoms with Crippen molar-refractivity contribution in [2.75, 3.05) is 24.6 Å². The molecule has 0 aromatic carbocycles. The number of hydrogen-bond acceptors (Lipinski definition) is 8. The first-order valence-electron chi connectivity index (χ1n) is 9.39. The number of nitrogens with zero attached hydrogens (tertiary/aromatic N) is 6. The number of ether oxygens (including phenoxy) is 1. The standard InChI is InChI=1S/C18H23F2N7O2/c1-10-25-26-12(29-10)7-11-21-14-13(23-16(24-14)28-9-17(2,3)4)15(22-11)27-6-5-18(19,20)8-27/h5-9H2,1-4H3,(H,21,22,23,24). The number of anilines is 1. The van der Waals surface area contributed by atoms with E-state index < -0.39 is 12.5 Å². The molecule has 1 aliphatic heterocycles. The number of fused-ring (bicyclic) bond motifs is 1. The molecule has 156 valence electrons. The maximum absolute atomic E-state index is 13.8. The zero-order chi connectivity index (χ0) is 20.8. The van der Waals surface area contributed by atoms with E-state index >= 15 is 0 Å². The summed E-state index contributed by atoms with van der Waals surface area (Å²) in [6.45, 7) is 8.02. The lowest BCUT2D eigenvalue weighted by atomic mass is 9.99. The van der Waals surface area contributed by atoms with Gasteiger partial charge < -0.3 is 19.0 Å². The summed E-state index contributed by atoms with van der Waals surface area (Å²) in [6.07, 6.45) is -0.0444. The minimum absolute atomic E-state index is 0.0640. The average Bonchev–Trinajstić information content (AvgIpc) is 3.30. The van der Waals surface area contributed by atoms with Gasteiger partial charge in [-0.1, -0.05) is 20.8 Å². The van der Waals surface area contributed by atoms with E-state index in [0.29, 0.717) is 41.2 Å². The number of H-pyrrole nitrogens is 1. The number of halogens is 2. The van der Waals surface area contributed by atoms with Crippen LogP contribution in [-0.2, 0) is 6.42 Å². The van der Waals surface area contributed by atoms with Crippen LogP contribution in [0.1, 0.15) is 44.8 Å². The Bertz CT molecular complexity index is 1030. The third kappa shape index (κ3) is 4.43. The molecule has 0 saturated carbocycles. The van der Waals surface area contributed by atoms with E-state index in [1.54, 1.807) is 6.92 Å². The van der Waals surface area contributed by atoms with Crippen molar-refractivity contribution in [1.82, 2.24) is 30.1 Å². The van der Waals surface area contributed by atoms with E-state index in [1.807, 2.05) is 20.8 Å². The first kappa shape index (κ1) is 19.5. The zero-order valence-corrected chi connectivity index (χ0v) is 16.8. The maximum Gasteiger partial charge on any atom is 0.296 e. The molecule has 0 unspecified atom stereocenters. The molecule has 1 aliphatic rings. The molecule has 0 amide bonds. The van der Waals surface area contributed by atoms with Crippen LogP contribution in [0, 0.1) is 12.3 Å². The van der Waals surface area contributed by atoms with E-state index in [-0.39, 0.29) is 30.8 Å². The second kappa shape index (κ2) is 6.89. The quantitative estimate of drug-likeness (QED) is 0.688. The second-order valence-corrected chi connectivity index (χ2v) is 8.47. The molecule has 29 heavy (non-hydrogen) atoms. The molecule has 1 saturated heterocycles. The highest BCUT2D eigenvalue weighted by atomic mass is 19.3. The molecular weight excluding hydrogens is 384 g/mol. The van der Waals surface area contributed by atoms with E-state index in [2.05, 4.69) is 30.1 Å². The van der Waals surface area contributed by atoms with Crippen LogP contribution >= 0.6 is 0 Å². The summed E-state index contributed by atoms with van der Waals surface area (Å²) in [5, 5.41) is 7.74. The Hall–Kier alpha value is -2.85. The van der Waals surface area contributed by atoms with Gasteiger partial charge in [0.15, 0.2) is 11.5 Å². The Morgan fingerprint density at radius 2 is 2.00 bits per heavy atom. The van der Waals surface area contributed by atoms with Crippen LogP contribution in [0.5, 0.6) is 6.01 Å². The third-order valence-electron chi connectivity index (χ3n) is 4.34. The van der Waals surface area contributed by atoms with E-state index in [9.17, 15) is 8.78 Å². The van der Waals surface area contributed by atoms with Crippen molar-refractivity contribution >= 4 is 17.0 Å². The molecule has 11 heteroatoms. The minimum atomic E-state index is -2.76. The second-order valence-electron chi connectivity index (χ2n) is 8.47. The predicted octanol–water partition coefficient (Wildman–Crippen LogP) is 2.91. The van der Waals surface area contributed by atoms with E-state index in [0.717, 1.165) is 0 Å². The Balaban J connectivity index is 1.71. The van der Waals surface area contributed by atoms with Gasteiger partial charge in [0.05, 0.1) is 19.6 Å². The van der Waals surface area contributed by atoms with Gasteiger partial charge in [-0.2, -0.15) is 4.98 Å². The van der Waals surface area contributed by atoms with Gasteiger partial charge >= 0.3 is 0 Å². The van der Waals surface area contributed by atoms with Gasteiger partial charge in [0.2, 0.25) is 11.8 Å². The number of imidazole rings is 1. The van der Waals surface area contributed by atoms with Gasteiger partial charge in [-0.15, -0.1) is 10.2 Å². The SMILES string of the molecule is Cc1nnc(Cc2nc(N3CCC(F)(F)C3)c3[nH]c(OCC(C)(C)C)nc3n2)o1. The Morgan fingerprint density at radius 1 is 1.21 bits per heavy atom. The van der Waals surface area contributed by atoms with Gasteiger partial charge in [0.25, 0.3) is 11.9 Å². The van der Waals surface area contributed by atoms with E-state index in [1.165, 1.54) is 4.90 Å². The topological polar surface area (TPSA) is 106 Å². The predicted molar refractivity (Wildman–Crippen MR) is 100 cm³/mol. The summed E-state index contributed by atoms with van der Waals surface area (Å²) in [5.74, 6) is -1.25. The molecule has 9 nitrogen and oxygen atoms in total. The number of hydrogen-bond donors (Lipinski definition) is 1. The molecule has 3 aromatic heterocycles. The number of aromatic amines is 1. The normalized spacial score (nSPS) is 16.7. The molecule has 3 aromatic rings. The van der Waals surface area contributed by atoms with Crippen molar-refractivity contribution in [2.45, 2.75) is 46.5 Å². The molecule has 0 spiro atoms. The van der Waals surface area contributed by atoms with Crippen LogP contribution in [0.15, 0.2) is 4.42 Å². The van der Waals surface area contributed by atoms with Crippen molar-refractivity contribution in [2.24, 2.45) is 5.41 Å². The average molecular weight is 407 g/mol. The summed E-state index contributed by atoms with van der Waals surface area (Å²) in [5.41, 5.74) is 0.753. The first-order valence-corrected chi connectivity index (χ1v) is 9.39. The van der Waals surface area contributed by atoms with Crippen molar-refractivity contribution in [3.8, 4) is 6.01 Å². The summed E-state index contributed by atoms with van der Waals surface area (Å²) >= 11 is 0. The fourth-order valence-electron chi connectivity index (χ4n) is 3.03. The minimum Gasteiger partial charge on any atom is -0.464 e. The molecule has 4 heterocycles. The Kier molecular flexibility index (Phi) is 4.62. The van der Waals surface area contributed by atoms with Crippen LogP contribution in [-0.4, -0.2) is 55.8 Å². The fourth-order valence-corrected chi connectivity index (χ4v) is 3.03. The molecule has 0 radical (unpaired) electrons. The number of aromatic nitrogens is 6. The lowest BCUT2D eigenvalue weighted by molar-refractivity contribution is 0.0257. The van der Waals surface area contributed by atoms with Crippen LogP contribution in [0.4, 0.5) is 14.6 Å². The fraction of sp³-hybridized carbons (Fsp3) is 0.611. The summed E-state index contributed by atoms with van der Waals surface area (Å²) < 4.78 is 38.8. The maximum atomic E-state index is 13.8. The molecular formula is C18H23F2N7O2. The van der Waals surface area contributed by atoms with Gasteiger partial charge in [-0.3, -0.25) is 0 Å². The lowest BCUT2D eigenvalue weighted by Crippen LogP contribution is -2.26. The highest BCUT2D eigenvalue weighted by Gasteiger charge is 2.39. The molecule has 0 atom stereocenters. The van der Waals surface area contributed by atoms with Crippen molar-refractivity contribution in [3.05, 3.63) is 17.6 Å². The highest BCUT2D eigenvalue weighted by Crippen LogP contribution is 2.33. The number of nitrogens with one attached hydrogen (secondary N) is 1. The molecule has 1 fully saturated rings. The van der Waals surface area contributed by atoms with Gasteiger partial charge in [0.1, 0.15) is 11.3 Å². The van der Waals surface area contributed by atoms with Gasteiger partial charge in [-0.25, -0.2) is 18.7 Å². The third-order valence-corrected chi connectivity index (χ3v) is 4.34. The van der Waals surface area contributed by atoms with E-state index in [4.69, 9.17) is 9.15 Å². The first-order chi connectivity index (χ1) is 13.6. The largest absolute Gasteiger partial charge is 0.464 e. The smallest absolute Gasteiger partial charge is 0.296 e.